The fourth-order valence-corrected chi connectivity index (χ4v) is 3.70. The summed E-state index contributed by atoms with van der Waals surface area (Å²) < 4.78 is 6.69. The van der Waals surface area contributed by atoms with Crippen molar-refractivity contribution in [3.8, 4) is 5.75 Å². The minimum atomic E-state index is -0.638. The summed E-state index contributed by atoms with van der Waals surface area (Å²) in [6, 6.07) is 10.4. The van der Waals surface area contributed by atoms with Crippen molar-refractivity contribution in [1.29, 1.82) is 0 Å². The SMILES string of the molecule is CC(C)CN1C(=O)C(C)(C)COc2ccc(NC(=O)c3cc(Br)ccc3Cl)cc21. The van der Waals surface area contributed by atoms with Gasteiger partial charge in [0.05, 0.1) is 21.7 Å². The quantitative estimate of drug-likeness (QED) is 0.606. The Bertz CT molecular complexity index is 959. The van der Waals surface area contributed by atoms with Gasteiger partial charge in [0.2, 0.25) is 5.91 Å². The van der Waals surface area contributed by atoms with Gasteiger partial charge in [-0.3, -0.25) is 9.59 Å². The van der Waals surface area contributed by atoms with E-state index in [0.29, 0.717) is 40.9 Å². The van der Waals surface area contributed by atoms with E-state index in [1.54, 1.807) is 41.3 Å². The summed E-state index contributed by atoms with van der Waals surface area (Å²) in [6.07, 6.45) is 0. The number of benzene rings is 2. The van der Waals surface area contributed by atoms with Crippen molar-refractivity contribution < 1.29 is 14.3 Å². The van der Waals surface area contributed by atoms with Crippen molar-refractivity contribution in [2.45, 2.75) is 27.7 Å². The molecule has 0 bridgehead atoms. The highest BCUT2D eigenvalue weighted by Gasteiger charge is 2.38. The third-order valence-corrected chi connectivity index (χ3v) is 5.46. The van der Waals surface area contributed by atoms with Crippen LogP contribution in [0.3, 0.4) is 0 Å². The zero-order chi connectivity index (χ0) is 21.3. The van der Waals surface area contributed by atoms with Gasteiger partial charge in [-0.1, -0.05) is 41.4 Å². The van der Waals surface area contributed by atoms with E-state index >= 15 is 0 Å². The number of rotatable bonds is 4. The van der Waals surface area contributed by atoms with Crippen molar-refractivity contribution in [2.75, 3.05) is 23.4 Å². The highest BCUT2D eigenvalue weighted by molar-refractivity contribution is 9.10. The molecule has 2 aromatic rings. The number of anilines is 2. The number of amides is 2. The van der Waals surface area contributed by atoms with Crippen LogP contribution in [-0.2, 0) is 4.79 Å². The number of nitrogens with one attached hydrogen (secondary N) is 1. The standard InChI is InChI=1S/C22H24BrClN2O3/c1-13(2)11-26-18-10-15(6-8-19(18)29-12-22(3,4)21(26)28)25-20(27)16-9-14(23)5-7-17(16)24/h5-10,13H,11-12H2,1-4H3,(H,25,27). The maximum absolute atomic E-state index is 13.1. The van der Waals surface area contributed by atoms with E-state index in [4.69, 9.17) is 16.3 Å². The summed E-state index contributed by atoms with van der Waals surface area (Å²) in [5.74, 6) is 0.582. The minimum Gasteiger partial charge on any atom is -0.490 e. The predicted molar refractivity (Wildman–Crippen MR) is 120 cm³/mol. The molecule has 1 aliphatic heterocycles. The van der Waals surface area contributed by atoms with Crippen LogP contribution in [0.15, 0.2) is 40.9 Å². The first kappa shape index (κ1) is 21.7. The number of hydrogen-bond acceptors (Lipinski definition) is 3. The normalized spacial score (nSPS) is 15.6. The van der Waals surface area contributed by atoms with E-state index in [0.717, 1.165) is 4.47 Å². The molecule has 154 valence electrons. The zero-order valence-corrected chi connectivity index (χ0v) is 19.2. The van der Waals surface area contributed by atoms with Gasteiger partial charge in [0.25, 0.3) is 5.91 Å². The van der Waals surface area contributed by atoms with Crippen molar-refractivity contribution in [3.05, 3.63) is 51.5 Å². The number of carbonyl (C=O) groups excluding carboxylic acids is 2. The molecule has 0 radical (unpaired) electrons. The van der Waals surface area contributed by atoms with Crippen molar-refractivity contribution in [3.63, 3.8) is 0 Å². The number of carbonyl (C=O) groups is 2. The Labute approximate surface area is 184 Å². The van der Waals surface area contributed by atoms with Crippen LogP contribution in [0.5, 0.6) is 5.75 Å². The van der Waals surface area contributed by atoms with Crippen LogP contribution < -0.4 is 15.0 Å². The van der Waals surface area contributed by atoms with E-state index in [1.165, 1.54) is 0 Å². The van der Waals surface area contributed by atoms with Gasteiger partial charge in [-0.05, 0) is 56.2 Å². The largest absolute Gasteiger partial charge is 0.490 e. The molecule has 7 heteroatoms. The Balaban J connectivity index is 1.96. The maximum Gasteiger partial charge on any atom is 0.257 e. The van der Waals surface area contributed by atoms with Gasteiger partial charge in [-0.25, -0.2) is 0 Å². The third kappa shape index (κ3) is 4.75. The maximum atomic E-state index is 13.1. The topological polar surface area (TPSA) is 58.6 Å². The van der Waals surface area contributed by atoms with Gasteiger partial charge < -0.3 is 15.0 Å². The van der Waals surface area contributed by atoms with E-state index < -0.39 is 5.41 Å². The molecule has 0 unspecified atom stereocenters. The average molecular weight is 480 g/mol. The second-order valence-corrected chi connectivity index (χ2v) is 9.57. The molecule has 1 N–H and O–H groups in total. The zero-order valence-electron chi connectivity index (χ0n) is 16.9. The lowest BCUT2D eigenvalue weighted by atomic mass is 9.92. The summed E-state index contributed by atoms with van der Waals surface area (Å²) in [5, 5.41) is 3.23. The van der Waals surface area contributed by atoms with Gasteiger partial charge in [-0.15, -0.1) is 0 Å². The second kappa shape index (κ2) is 8.36. The Hall–Kier alpha value is -2.05. The Morgan fingerprint density at radius 3 is 2.69 bits per heavy atom. The molecule has 0 aliphatic carbocycles. The third-order valence-electron chi connectivity index (χ3n) is 4.64. The summed E-state index contributed by atoms with van der Waals surface area (Å²) in [5.41, 5.74) is 0.951. The summed E-state index contributed by atoms with van der Waals surface area (Å²) in [7, 11) is 0. The molecular weight excluding hydrogens is 456 g/mol. The molecule has 2 aromatic carbocycles. The Kier molecular flexibility index (Phi) is 6.24. The smallest absolute Gasteiger partial charge is 0.257 e. The predicted octanol–water partition coefficient (Wildman–Crippen LogP) is 5.76. The van der Waals surface area contributed by atoms with Crippen molar-refractivity contribution >= 4 is 50.7 Å². The first-order chi connectivity index (χ1) is 13.6. The van der Waals surface area contributed by atoms with Crippen LogP contribution in [0.4, 0.5) is 11.4 Å². The monoisotopic (exact) mass is 478 g/mol. The molecule has 3 rings (SSSR count). The van der Waals surface area contributed by atoms with Crippen LogP contribution in [-0.4, -0.2) is 25.0 Å². The van der Waals surface area contributed by atoms with Gasteiger partial charge in [0, 0.05) is 16.7 Å². The minimum absolute atomic E-state index is 0.00320. The van der Waals surface area contributed by atoms with Crippen LogP contribution in [0.2, 0.25) is 5.02 Å². The molecule has 0 aromatic heterocycles. The molecule has 29 heavy (non-hydrogen) atoms. The van der Waals surface area contributed by atoms with Gasteiger partial charge in [0.1, 0.15) is 12.4 Å². The van der Waals surface area contributed by atoms with Crippen LogP contribution in [0.1, 0.15) is 38.1 Å². The summed E-state index contributed by atoms with van der Waals surface area (Å²) in [6.45, 7) is 8.75. The second-order valence-electron chi connectivity index (χ2n) is 8.24. The molecule has 1 heterocycles. The van der Waals surface area contributed by atoms with Crippen LogP contribution >= 0.6 is 27.5 Å². The number of nitrogens with zero attached hydrogens (tertiary/aromatic N) is 1. The molecular formula is C22H24BrClN2O3. The number of ether oxygens (including phenoxy) is 1. The molecule has 0 saturated heterocycles. The van der Waals surface area contributed by atoms with E-state index in [9.17, 15) is 9.59 Å². The molecule has 0 atom stereocenters. The molecule has 0 spiro atoms. The number of hydrogen-bond donors (Lipinski definition) is 1. The van der Waals surface area contributed by atoms with E-state index in [2.05, 4.69) is 35.1 Å². The van der Waals surface area contributed by atoms with Crippen LogP contribution in [0.25, 0.3) is 0 Å². The molecule has 2 amide bonds. The lowest BCUT2D eigenvalue weighted by molar-refractivity contribution is -0.127. The lowest BCUT2D eigenvalue weighted by Gasteiger charge is -2.29. The van der Waals surface area contributed by atoms with E-state index in [1.807, 2.05) is 13.8 Å². The van der Waals surface area contributed by atoms with Crippen molar-refractivity contribution in [2.24, 2.45) is 11.3 Å². The van der Waals surface area contributed by atoms with Gasteiger partial charge in [0.15, 0.2) is 0 Å². The van der Waals surface area contributed by atoms with Gasteiger partial charge >= 0.3 is 0 Å². The summed E-state index contributed by atoms with van der Waals surface area (Å²) >= 11 is 9.53. The van der Waals surface area contributed by atoms with E-state index in [-0.39, 0.29) is 17.7 Å². The Morgan fingerprint density at radius 1 is 1.28 bits per heavy atom. The molecule has 1 aliphatic rings. The van der Waals surface area contributed by atoms with Gasteiger partial charge in [-0.2, -0.15) is 0 Å². The average Bonchev–Trinajstić information content (AvgIpc) is 2.74. The summed E-state index contributed by atoms with van der Waals surface area (Å²) in [4.78, 5) is 27.6. The molecule has 5 nitrogen and oxygen atoms in total. The molecule has 0 fully saturated rings. The Morgan fingerprint density at radius 2 is 2.00 bits per heavy atom. The number of halogens is 2. The van der Waals surface area contributed by atoms with Crippen molar-refractivity contribution in [1.82, 2.24) is 0 Å². The molecule has 0 saturated carbocycles. The van der Waals surface area contributed by atoms with Crippen LogP contribution in [0, 0.1) is 11.3 Å². The lowest BCUT2D eigenvalue weighted by Crippen LogP contribution is -2.43. The number of fused-ring (bicyclic) bond motifs is 1. The fourth-order valence-electron chi connectivity index (χ4n) is 3.14. The highest BCUT2D eigenvalue weighted by atomic mass is 79.9. The first-order valence-electron chi connectivity index (χ1n) is 9.44. The fraction of sp³-hybridized carbons (Fsp3) is 0.364. The highest BCUT2D eigenvalue weighted by Crippen LogP contribution is 2.38. The first-order valence-corrected chi connectivity index (χ1v) is 10.6.